The number of nitrogens with one attached hydrogen (secondary N) is 1. The Morgan fingerprint density at radius 3 is 3.00 bits per heavy atom. The summed E-state index contributed by atoms with van der Waals surface area (Å²) >= 11 is 0. The fourth-order valence-corrected chi connectivity index (χ4v) is 1.99. The molecule has 1 heterocycles. The average molecular weight is 204 g/mol. The molecule has 0 aromatic carbocycles. The molecule has 0 amide bonds. The van der Waals surface area contributed by atoms with Crippen molar-refractivity contribution in [2.45, 2.75) is 26.2 Å². The van der Waals surface area contributed by atoms with E-state index in [1.807, 2.05) is 12.3 Å². The Hall–Kier alpha value is -0.890. The Morgan fingerprint density at radius 1 is 1.47 bits per heavy atom. The largest absolute Gasteiger partial charge is 0.316 e. The first-order valence-corrected chi connectivity index (χ1v) is 5.89. The standard InChI is InChI=1S/C13H20N2/c1-10(2)8-14-9-11-7-12(11)13-5-3-4-6-15-13/h3-6,10-12,14H,7-9H2,1-2H3. The van der Waals surface area contributed by atoms with Crippen molar-refractivity contribution in [3.8, 4) is 0 Å². The smallest absolute Gasteiger partial charge is 0.0437 e. The fraction of sp³-hybridized carbons (Fsp3) is 0.615. The third-order valence-corrected chi connectivity index (χ3v) is 2.95. The summed E-state index contributed by atoms with van der Waals surface area (Å²) in [6, 6.07) is 6.21. The molecule has 0 radical (unpaired) electrons. The molecule has 1 aromatic rings. The minimum Gasteiger partial charge on any atom is -0.316 e. The predicted molar refractivity (Wildman–Crippen MR) is 62.8 cm³/mol. The van der Waals surface area contributed by atoms with Gasteiger partial charge in [-0.25, -0.2) is 0 Å². The van der Waals surface area contributed by atoms with E-state index in [1.165, 1.54) is 12.1 Å². The normalized spacial score (nSPS) is 24.5. The Labute approximate surface area is 92.1 Å². The first kappa shape index (κ1) is 10.6. The van der Waals surface area contributed by atoms with E-state index < -0.39 is 0 Å². The monoisotopic (exact) mass is 204 g/mol. The van der Waals surface area contributed by atoms with Crippen molar-refractivity contribution in [2.24, 2.45) is 11.8 Å². The molecule has 1 N–H and O–H groups in total. The van der Waals surface area contributed by atoms with Crippen molar-refractivity contribution in [1.82, 2.24) is 10.3 Å². The molecular formula is C13H20N2. The molecule has 1 saturated carbocycles. The van der Waals surface area contributed by atoms with E-state index in [0.29, 0.717) is 5.92 Å². The molecule has 2 nitrogen and oxygen atoms in total. The third-order valence-electron chi connectivity index (χ3n) is 2.95. The lowest BCUT2D eigenvalue weighted by Gasteiger charge is -2.06. The van der Waals surface area contributed by atoms with Gasteiger partial charge in [-0.1, -0.05) is 19.9 Å². The maximum absolute atomic E-state index is 4.41. The summed E-state index contributed by atoms with van der Waals surface area (Å²) in [6.45, 7) is 6.77. The highest BCUT2D eigenvalue weighted by atomic mass is 14.9. The zero-order chi connectivity index (χ0) is 10.7. The van der Waals surface area contributed by atoms with Crippen LogP contribution in [0, 0.1) is 11.8 Å². The summed E-state index contributed by atoms with van der Waals surface area (Å²) in [5, 5.41) is 3.52. The van der Waals surface area contributed by atoms with Gasteiger partial charge < -0.3 is 5.32 Å². The van der Waals surface area contributed by atoms with E-state index >= 15 is 0 Å². The van der Waals surface area contributed by atoms with Gasteiger partial charge in [0.05, 0.1) is 0 Å². The topological polar surface area (TPSA) is 24.9 Å². The molecule has 0 saturated heterocycles. The molecule has 1 aliphatic carbocycles. The molecular weight excluding hydrogens is 184 g/mol. The van der Waals surface area contributed by atoms with E-state index in [1.54, 1.807) is 0 Å². The number of rotatable bonds is 5. The Balaban J connectivity index is 1.72. The van der Waals surface area contributed by atoms with Crippen LogP contribution in [0.15, 0.2) is 24.4 Å². The lowest BCUT2D eigenvalue weighted by molar-refractivity contribution is 0.532. The molecule has 0 aliphatic heterocycles. The Bertz CT molecular complexity index is 295. The van der Waals surface area contributed by atoms with E-state index in [-0.39, 0.29) is 0 Å². The quantitative estimate of drug-likeness (QED) is 0.796. The van der Waals surface area contributed by atoms with Gasteiger partial charge in [0.2, 0.25) is 0 Å². The second kappa shape index (κ2) is 4.75. The summed E-state index contributed by atoms with van der Waals surface area (Å²) in [6.07, 6.45) is 3.20. The van der Waals surface area contributed by atoms with Gasteiger partial charge in [-0.3, -0.25) is 4.98 Å². The van der Waals surface area contributed by atoms with Crippen LogP contribution in [0.5, 0.6) is 0 Å². The summed E-state index contributed by atoms with van der Waals surface area (Å²) in [5.41, 5.74) is 1.27. The molecule has 1 fully saturated rings. The maximum Gasteiger partial charge on any atom is 0.0437 e. The van der Waals surface area contributed by atoms with Gasteiger partial charge in [0, 0.05) is 17.8 Å². The molecule has 1 aromatic heterocycles. The number of aromatic nitrogens is 1. The van der Waals surface area contributed by atoms with Crippen LogP contribution in [-0.4, -0.2) is 18.1 Å². The summed E-state index contributed by atoms with van der Waals surface area (Å²) in [4.78, 5) is 4.41. The van der Waals surface area contributed by atoms with Gasteiger partial charge in [-0.15, -0.1) is 0 Å². The van der Waals surface area contributed by atoms with Crippen molar-refractivity contribution in [3.05, 3.63) is 30.1 Å². The minimum atomic E-state index is 0.714. The van der Waals surface area contributed by atoms with Crippen LogP contribution < -0.4 is 5.32 Å². The van der Waals surface area contributed by atoms with Gasteiger partial charge in [0.1, 0.15) is 0 Å². The molecule has 82 valence electrons. The Morgan fingerprint density at radius 2 is 2.33 bits per heavy atom. The summed E-state index contributed by atoms with van der Waals surface area (Å²) < 4.78 is 0. The zero-order valence-corrected chi connectivity index (χ0v) is 9.61. The van der Waals surface area contributed by atoms with Gasteiger partial charge in [-0.05, 0) is 43.5 Å². The lowest BCUT2D eigenvalue weighted by Crippen LogP contribution is -2.22. The van der Waals surface area contributed by atoms with Crippen LogP contribution in [-0.2, 0) is 0 Å². The molecule has 2 unspecified atom stereocenters. The third kappa shape index (κ3) is 3.03. The zero-order valence-electron chi connectivity index (χ0n) is 9.61. The number of hydrogen-bond acceptors (Lipinski definition) is 2. The fourth-order valence-electron chi connectivity index (χ4n) is 1.99. The minimum absolute atomic E-state index is 0.714. The van der Waals surface area contributed by atoms with E-state index in [4.69, 9.17) is 0 Å². The van der Waals surface area contributed by atoms with Gasteiger partial charge in [0.25, 0.3) is 0 Å². The molecule has 1 aliphatic rings. The van der Waals surface area contributed by atoms with Crippen LogP contribution in [0.1, 0.15) is 31.9 Å². The maximum atomic E-state index is 4.41. The first-order chi connectivity index (χ1) is 7.27. The van der Waals surface area contributed by atoms with Crippen LogP contribution in [0.25, 0.3) is 0 Å². The predicted octanol–water partition coefficient (Wildman–Crippen LogP) is 2.43. The van der Waals surface area contributed by atoms with Gasteiger partial charge >= 0.3 is 0 Å². The van der Waals surface area contributed by atoms with Gasteiger partial charge in [-0.2, -0.15) is 0 Å². The van der Waals surface area contributed by atoms with Gasteiger partial charge in [0.15, 0.2) is 0 Å². The second-order valence-corrected chi connectivity index (χ2v) is 4.91. The second-order valence-electron chi connectivity index (χ2n) is 4.91. The van der Waals surface area contributed by atoms with Crippen LogP contribution >= 0.6 is 0 Å². The number of hydrogen-bond donors (Lipinski definition) is 1. The lowest BCUT2D eigenvalue weighted by atomic mass is 10.2. The van der Waals surface area contributed by atoms with Crippen molar-refractivity contribution in [2.75, 3.05) is 13.1 Å². The highest BCUT2D eigenvalue weighted by Gasteiger charge is 2.38. The van der Waals surface area contributed by atoms with Crippen LogP contribution in [0.4, 0.5) is 0 Å². The van der Waals surface area contributed by atoms with Crippen molar-refractivity contribution < 1.29 is 0 Å². The molecule has 2 heteroatoms. The molecule has 0 bridgehead atoms. The van der Waals surface area contributed by atoms with Crippen LogP contribution in [0.2, 0.25) is 0 Å². The molecule has 15 heavy (non-hydrogen) atoms. The summed E-state index contributed by atoms with van der Waals surface area (Å²) in [7, 11) is 0. The number of pyridine rings is 1. The first-order valence-electron chi connectivity index (χ1n) is 5.89. The van der Waals surface area contributed by atoms with Crippen molar-refractivity contribution in [1.29, 1.82) is 0 Å². The number of nitrogens with zero attached hydrogens (tertiary/aromatic N) is 1. The van der Waals surface area contributed by atoms with Crippen LogP contribution in [0.3, 0.4) is 0 Å². The Kier molecular flexibility index (Phi) is 3.37. The molecule has 2 atom stereocenters. The highest BCUT2D eigenvalue weighted by molar-refractivity contribution is 5.17. The van der Waals surface area contributed by atoms with E-state index in [0.717, 1.165) is 24.9 Å². The molecule has 0 spiro atoms. The highest BCUT2D eigenvalue weighted by Crippen LogP contribution is 2.45. The molecule has 2 rings (SSSR count). The van der Waals surface area contributed by atoms with E-state index in [2.05, 4.69) is 36.3 Å². The summed E-state index contributed by atoms with van der Waals surface area (Å²) in [5.74, 6) is 2.28. The van der Waals surface area contributed by atoms with E-state index in [9.17, 15) is 0 Å². The average Bonchev–Trinajstić information content (AvgIpc) is 2.98. The SMILES string of the molecule is CC(C)CNCC1CC1c1ccccn1. The van der Waals surface area contributed by atoms with Crippen molar-refractivity contribution in [3.63, 3.8) is 0 Å². The van der Waals surface area contributed by atoms with Crippen molar-refractivity contribution >= 4 is 0 Å².